The molecule has 2 bridgehead atoms. The monoisotopic (exact) mass is 617 g/mol. The van der Waals surface area contributed by atoms with Gasteiger partial charge in [0.05, 0.1) is 35.7 Å². The highest BCUT2D eigenvalue weighted by Crippen LogP contribution is 2.42. The zero-order chi connectivity index (χ0) is 30.5. The summed E-state index contributed by atoms with van der Waals surface area (Å²) in [5, 5.41) is 3.66. The van der Waals surface area contributed by atoms with Gasteiger partial charge in [-0.3, -0.25) is 9.88 Å². The molecule has 0 radical (unpaired) electrons. The highest BCUT2D eigenvalue weighted by molar-refractivity contribution is 7.99. The van der Waals surface area contributed by atoms with Gasteiger partial charge < -0.3 is 15.0 Å². The van der Waals surface area contributed by atoms with E-state index in [0.717, 1.165) is 11.3 Å². The number of benzene rings is 1. The molecule has 1 saturated carbocycles. The van der Waals surface area contributed by atoms with Gasteiger partial charge in [-0.05, 0) is 36.6 Å². The number of fused-ring (bicyclic) bond motifs is 6. The molecular weight excluding hydrogens is 584 g/mol. The Balaban J connectivity index is 1.47. The number of rotatable bonds is 6. The maximum absolute atomic E-state index is 16.2. The summed E-state index contributed by atoms with van der Waals surface area (Å²) in [6.45, 7) is 10.5. The molecule has 0 spiro atoms. The number of anilines is 2. The first-order chi connectivity index (χ1) is 21.4. The Hall–Kier alpha value is -3.87. The fourth-order valence-electron chi connectivity index (χ4n) is 6.32. The molecule has 0 unspecified atom stereocenters. The van der Waals surface area contributed by atoms with Crippen molar-refractivity contribution in [3.05, 3.63) is 77.0 Å². The van der Waals surface area contributed by atoms with Gasteiger partial charge in [-0.15, -0.1) is 18.3 Å². The molecule has 0 amide bonds. The highest BCUT2D eigenvalue weighted by atomic mass is 32.2. The van der Waals surface area contributed by atoms with Gasteiger partial charge in [0.15, 0.2) is 11.5 Å². The normalized spacial score (nSPS) is 19.5. The molecule has 228 valence electrons. The fraction of sp³-hybridized carbons (Fsp3) is 0.375. The van der Waals surface area contributed by atoms with Gasteiger partial charge in [0.1, 0.15) is 17.3 Å². The Morgan fingerprint density at radius 3 is 2.86 bits per heavy atom. The largest absolute Gasteiger partial charge is 0.384 e. The number of ether oxygens (including phenoxy) is 1. The van der Waals surface area contributed by atoms with Crippen molar-refractivity contribution in [2.45, 2.75) is 43.2 Å². The second-order valence-corrected chi connectivity index (χ2v) is 12.7. The molecule has 12 heteroatoms. The topological polar surface area (TPSA) is 88.4 Å². The first kappa shape index (κ1) is 28.9. The third kappa shape index (κ3) is 4.94. The van der Waals surface area contributed by atoms with E-state index in [0.29, 0.717) is 67.0 Å². The number of hydrogen-bond donors (Lipinski definition) is 1. The summed E-state index contributed by atoms with van der Waals surface area (Å²) in [5.41, 5.74) is 1.27. The molecule has 3 aliphatic rings. The van der Waals surface area contributed by atoms with E-state index in [9.17, 15) is 4.79 Å². The lowest BCUT2D eigenvalue weighted by Gasteiger charge is -2.35. The van der Waals surface area contributed by atoms with Crippen LogP contribution in [-0.4, -0.2) is 75.2 Å². The summed E-state index contributed by atoms with van der Waals surface area (Å²) in [4.78, 5) is 33.4. The lowest BCUT2D eigenvalue weighted by molar-refractivity contribution is 0.0337. The molecule has 5 heterocycles. The Kier molecular flexibility index (Phi) is 7.59. The van der Waals surface area contributed by atoms with Crippen LogP contribution in [0.2, 0.25) is 0 Å². The zero-order valence-electron chi connectivity index (χ0n) is 24.6. The van der Waals surface area contributed by atoms with Crippen LogP contribution >= 0.6 is 11.8 Å². The Morgan fingerprint density at radius 2 is 2.05 bits per heavy atom. The predicted molar refractivity (Wildman–Crippen MR) is 169 cm³/mol. The number of nitrogens with one attached hydrogen (secondary N) is 1. The van der Waals surface area contributed by atoms with Crippen molar-refractivity contribution in [2.24, 2.45) is 0 Å². The Morgan fingerprint density at radius 1 is 1.18 bits per heavy atom. The summed E-state index contributed by atoms with van der Waals surface area (Å²) < 4.78 is 38.8. The van der Waals surface area contributed by atoms with Crippen LogP contribution in [0.25, 0.3) is 28.0 Å². The van der Waals surface area contributed by atoms with Gasteiger partial charge in [-0.25, -0.2) is 23.1 Å². The van der Waals surface area contributed by atoms with Crippen molar-refractivity contribution in [1.82, 2.24) is 24.4 Å². The average Bonchev–Trinajstić information content (AvgIpc) is 3.81. The molecule has 2 aliphatic heterocycles. The van der Waals surface area contributed by atoms with E-state index >= 15 is 8.78 Å². The van der Waals surface area contributed by atoms with Crippen LogP contribution < -0.4 is 15.9 Å². The van der Waals surface area contributed by atoms with E-state index in [2.05, 4.69) is 31.7 Å². The second kappa shape index (κ2) is 11.6. The van der Waals surface area contributed by atoms with Crippen molar-refractivity contribution in [2.75, 3.05) is 48.9 Å². The van der Waals surface area contributed by atoms with Crippen LogP contribution in [0, 0.1) is 11.6 Å². The number of nitrogens with zero attached hydrogens (tertiary/aromatic N) is 6. The van der Waals surface area contributed by atoms with Crippen LogP contribution in [0.5, 0.6) is 0 Å². The van der Waals surface area contributed by atoms with E-state index in [1.165, 1.54) is 16.7 Å². The van der Waals surface area contributed by atoms with E-state index in [1.807, 2.05) is 19.9 Å². The maximum Gasteiger partial charge on any atom is 0.355 e. The minimum atomic E-state index is -0.690. The fourth-order valence-corrected chi connectivity index (χ4v) is 7.23. The number of piperazine rings is 1. The molecule has 4 aromatic rings. The molecule has 1 saturated heterocycles. The van der Waals surface area contributed by atoms with Crippen molar-refractivity contribution < 1.29 is 13.5 Å². The van der Waals surface area contributed by atoms with E-state index in [4.69, 9.17) is 9.72 Å². The minimum absolute atomic E-state index is 0.0279. The van der Waals surface area contributed by atoms with E-state index in [1.54, 1.807) is 36.2 Å². The van der Waals surface area contributed by atoms with Crippen LogP contribution in [0.4, 0.5) is 20.3 Å². The number of halogens is 2. The van der Waals surface area contributed by atoms with Gasteiger partial charge in [0.25, 0.3) is 0 Å². The molecule has 3 aromatic heterocycles. The van der Waals surface area contributed by atoms with Crippen molar-refractivity contribution in [3.8, 4) is 16.9 Å². The average molecular weight is 618 g/mol. The molecular formula is C32H33F2N7O2S. The summed E-state index contributed by atoms with van der Waals surface area (Å²) in [7, 11) is 0. The van der Waals surface area contributed by atoms with Gasteiger partial charge in [0.2, 0.25) is 0 Å². The molecule has 2 atom stereocenters. The molecule has 9 nitrogen and oxygen atoms in total. The quantitative estimate of drug-likeness (QED) is 0.232. The van der Waals surface area contributed by atoms with Crippen molar-refractivity contribution >= 4 is 34.3 Å². The Labute approximate surface area is 258 Å². The van der Waals surface area contributed by atoms with Crippen LogP contribution in [0.1, 0.15) is 31.9 Å². The molecule has 2 fully saturated rings. The molecule has 7 rings (SSSR count). The third-order valence-corrected chi connectivity index (χ3v) is 9.45. The van der Waals surface area contributed by atoms with E-state index < -0.39 is 17.3 Å². The number of thioether (sulfide) groups is 1. The van der Waals surface area contributed by atoms with Gasteiger partial charge in [-0.1, -0.05) is 26.0 Å². The summed E-state index contributed by atoms with van der Waals surface area (Å²) in [6.07, 6.45) is 4.34. The van der Waals surface area contributed by atoms with Gasteiger partial charge in [0, 0.05) is 54.3 Å². The lowest BCUT2D eigenvalue weighted by Crippen LogP contribution is -2.48. The summed E-state index contributed by atoms with van der Waals surface area (Å²) in [5.74, 6) is -0.318. The smallest absolute Gasteiger partial charge is 0.355 e. The molecule has 44 heavy (non-hydrogen) atoms. The maximum atomic E-state index is 16.2. The van der Waals surface area contributed by atoms with Crippen LogP contribution in [-0.2, 0) is 4.74 Å². The first-order valence-electron chi connectivity index (χ1n) is 14.8. The molecule has 1 aromatic carbocycles. The van der Waals surface area contributed by atoms with Crippen LogP contribution in [0.3, 0.4) is 0 Å². The standard InChI is InChI=1S/C32H33F2N7O2S/c1-4-13-43-17-39-11-12-40(24-16-23(24)39)30-19-15-21(34)28-26-20(33)6-5-7-22(26)35-10-14-44-25-8-9-36-27(18(2)3)29(25)41(31(19)37-28)32(42)38-30/h4-9,15,18,23-24,35H,1,10-14,16-17H2,2-3H3/t23-,24+/m0/s1. The SMILES string of the molecule is C=CCOCN1CCN(c2nc(=O)n3c4nc(c(F)cc24)-c2c(F)cccc2NCCSc2ccnc(C(C)C)c2-3)[C@@H]2C[C@@H]21. The van der Waals surface area contributed by atoms with E-state index in [-0.39, 0.29) is 34.9 Å². The Bertz CT molecular complexity index is 1830. The van der Waals surface area contributed by atoms with Crippen molar-refractivity contribution in [3.63, 3.8) is 0 Å². The molecule has 1 aliphatic carbocycles. The third-order valence-electron chi connectivity index (χ3n) is 8.40. The highest BCUT2D eigenvalue weighted by Gasteiger charge is 2.50. The lowest BCUT2D eigenvalue weighted by atomic mass is 10.1. The van der Waals surface area contributed by atoms with Gasteiger partial charge >= 0.3 is 5.69 Å². The predicted octanol–water partition coefficient (Wildman–Crippen LogP) is 5.18. The van der Waals surface area contributed by atoms with Crippen molar-refractivity contribution in [1.29, 1.82) is 0 Å². The second-order valence-electron chi connectivity index (χ2n) is 11.5. The number of aromatic nitrogens is 4. The summed E-state index contributed by atoms with van der Waals surface area (Å²) in [6, 6.07) is 8.17. The number of pyridine rings is 2. The summed E-state index contributed by atoms with van der Waals surface area (Å²) >= 11 is 1.56. The zero-order valence-corrected chi connectivity index (χ0v) is 25.4. The number of hydrogen-bond acceptors (Lipinski definition) is 9. The molecule has 1 N–H and O–H groups in total. The first-order valence-corrected chi connectivity index (χ1v) is 15.8. The van der Waals surface area contributed by atoms with Crippen LogP contribution in [0.15, 0.2) is 58.9 Å². The van der Waals surface area contributed by atoms with Gasteiger partial charge in [-0.2, -0.15) is 4.98 Å². The minimum Gasteiger partial charge on any atom is -0.384 e.